The summed E-state index contributed by atoms with van der Waals surface area (Å²) in [5.74, 6) is 0.491. The van der Waals surface area contributed by atoms with Crippen LogP contribution in [-0.4, -0.2) is 24.3 Å². The predicted molar refractivity (Wildman–Crippen MR) is 62.0 cm³/mol. The number of halogens is 1. The van der Waals surface area contributed by atoms with E-state index >= 15 is 0 Å². The van der Waals surface area contributed by atoms with Crippen molar-refractivity contribution in [2.45, 2.75) is 31.8 Å². The molecule has 1 heterocycles. The summed E-state index contributed by atoms with van der Waals surface area (Å²) < 4.78 is 10.4. The molecule has 0 spiro atoms. The molecule has 0 aliphatic carbocycles. The molecule has 4 nitrogen and oxygen atoms in total. The Hall–Kier alpha value is -0.810. The Morgan fingerprint density at radius 3 is 2.94 bits per heavy atom. The van der Waals surface area contributed by atoms with Gasteiger partial charge in [-0.15, -0.1) is 0 Å². The Morgan fingerprint density at radius 1 is 1.62 bits per heavy atom. The fourth-order valence-electron chi connectivity index (χ4n) is 1.38. The Bertz CT molecular complexity index is 334. The molecule has 5 heteroatoms. The van der Waals surface area contributed by atoms with Crippen LogP contribution in [0.15, 0.2) is 21.2 Å². The second-order valence-corrected chi connectivity index (χ2v) is 4.31. The maximum atomic E-state index is 10.8. The highest BCUT2D eigenvalue weighted by Gasteiger charge is 2.10. The normalized spacial score (nSPS) is 12.4. The van der Waals surface area contributed by atoms with Crippen molar-refractivity contribution in [1.82, 2.24) is 0 Å². The average Bonchev–Trinajstić information content (AvgIpc) is 2.63. The molecule has 1 rings (SSSR count). The summed E-state index contributed by atoms with van der Waals surface area (Å²) in [6.45, 7) is 0. The van der Waals surface area contributed by atoms with Gasteiger partial charge in [0.15, 0.2) is 4.67 Å². The third-order valence-electron chi connectivity index (χ3n) is 2.21. The maximum Gasteiger partial charge on any atom is 0.305 e. The minimum absolute atomic E-state index is 0.243. The van der Waals surface area contributed by atoms with Crippen LogP contribution in [0.2, 0.25) is 0 Å². The fourth-order valence-corrected chi connectivity index (χ4v) is 1.72. The fraction of sp³-hybridized carbons (Fsp3) is 0.545. The van der Waals surface area contributed by atoms with E-state index < -0.39 is 6.10 Å². The lowest BCUT2D eigenvalue weighted by Crippen LogP contribution is -2.11. The van der Waals surface area contributed by atoms with E-state index in [0.717, 1.165) is 5.76 Å². The number of ether oxygens (including phenoxy) is 1. The molecule has 0 fully saturated rings. The summed E-state index contributed by atoms with van der Waals surface area (Å²) in [6, 6.07) is 3.60. The van der Waals surface area contributed by atoms with E-state index in [4.69, 9.17) is 4.42 Å². The lowest BCUT2D eigenvalue weighted by molar-refractivity contribution is -0.140. The molecule has 1 atom stereocenters. The summed E-state index contributed by atoms with van der Waals surface area (Å²) in [7, 11) is 1.36. The third-order valence-corrected chi connectivity index (χ3v) is 2.64. The standard InChI is InChI=1S/C11H15BrO4/c1-15-11(14)4-2-3-8(13)7-9-5-6-10(12)16-9/h5-6,8,13H,2-4,7H2,1H3. The highest BCUT2D eigenvalue weighted by Crippen LogP contribution is 2.16. The molecule has 0 saturated heterocycles. The number of carbonyl (C=O) groups is 1. The number of hydrogen-bond donors (Lipinski definition) is 1. The highest BCUT2D eigenvalue weighted by atomic mass is 79.9. The quantitative estimate of drug-likeness (QED) is 0.817. The zero-order valence-corrected chi connectivity index (χ0v) is 10.7. The van der Waals surface area contributed by atoms with Gasteiger partial charge < -0.3 is 14.3 Å². The van der Waals surface area contributed by atoms with Crippen LogP contribution in [0.4, 0.5) is 0 Å². The zero-order chi connectivity index (χ0) is 12.0. The van der Waals surface area contributed by atoms with Crippen molar-refractivity contribution in [3.05, 3.63) is 22.6 Å². The van der Waals surface area contributed by atoms with Crippen molar-refractivity contribution in [2.75, 3.05) is 7.11 Å². The molecule has 1 unspecified atom stereocenters. The van der Waals surface area contributed by atoms with E-state index in [-0.39, 0.29) is 5.97 Å². The first-order chi connectivity index (χ1) is 7.61. The second-order valence-electron chi connectivity index (χ2n) is 3.53. The topological polar surface area (TPSA) is 59.7 Å². The lowest BCUT2D eigenvalue weighted by Gasteiger charge is -2.07. The van der Waals surface area contributed by atoms with Crippen LogP contribution in [0, 0.1) is 0 Å². The van der Waals surface area contributed by atoms with Crippen LogP contribution < -0.4 is 0 Å². The lowest BCUT2D eigenvalue weighted by atomic mass is 10.1. The predicted octanol–water partition coefficient (Wildman–Crippen LogP) is 2.29. The Labute approximate surface area is 103 Å². The van der Waals surface area contributed by atoms with Gasteiger partial charge in [-0.3, -0.25) is 4.79 Å². The van der Waals surface area contributed by atoms with Crippen LogP contribution in [0.1, 0.15) is 25.0 Å². The van der Waals surface area contributed by atoms with Crippen molar-refractivity contribution >= 4 is 21.9 Å². The van der Waals surface area contributed by atoms with Crippen molar-refractivity contribution < 1.29 is 19.1 Å². The molecular weight excluding hydrogens is 276 g/mol. The van der Waals surface area contributed by atoms with Crippen molar-refractivity contribution in [2.24, 2.45) is 0 Å². The zero-order valence-electron chi connectivity index (χ0n) is 9.11. The molecule has 90 valence electrons. The third kappa shape index (κ3) is 4.81. The SMILES string of the molecule is COC(=O)CCCC(O)Cc1ccc(Br)o1. The van der Waals surface area contributed by atoms with E-state index in [1.54, 1.807) is 6.07 Å². The molecule has 0 bridgehead atoms. The van der Waals surface area contributed by atoms with E-state index in [0.29, 0.717) is 30.4 Å². The van der Waals surface area contributed by atoms with Crippen molar-refractivity contribution in [3.63, 3.8) is 0 Å². The molecule has 0 aliphatic rings. The number of rotatable bonds is 6. The molecule has 1 aromatic heterocycles. The van der Waals surface area contributed by atoms with Crippen molar-refractivity contribution in [1.29, 1.82) is 0 Å². The number of carbonyl (C=O) groups excluding carboxylic acids is 1. The van der Waals surface area contributed by atoms with E-state index in [9.17, 15) is 9.90 Å². The van der Waals surface area contributed by atoms with E-state index in [1.165, 1.54) is 7.11 Å². The molecule has 1 aromatic rings. The molecule has 0 aliphatic heterocycles. The summed E-state index contributed by atoms with van der Waals surface area (Å²) in [6.07, 6.45) is 1.51. The van der Waals surface area contributed by atoms with Gasteiger partial charge in [0.2, 0.25) is 0 Å². The molecule has 16 heavy (non-hydrogen) atoms. The van der Waals surface area contributed by atoms with E-state index in [1.807, 2.05) is 6.07 Å². The number of methoxy groups -OCH3 is 1. The number of esters is 1. The van der Waals surface area contributed by atoms with Gasteiger partial charge >= 0.3 is 5.97 Å². The summed E-state index contributed by atoms with van der Waals surface area (Å²) in [5, 5.41) is 9.67. The number of aliphatic hydroxyl groups is 1. The highest BCUT2D eigenvalue weighted by molar-refractivity contribution is 9.10. The van der Waals surface area contributed by atoms with Gasteiger partial charge in [0.05, 0.1) is 13.2 Å². The summed E-state index contributed by atoms with van der Waals surface area (Å²) in [4.78, 5) is 10.8. The number of hydrogen-bond acceptors (Lipinski definition) is 4. The molecule has 0 saturated carbocycles. The van der Waals surface area contributed by atoms with Gasteiger partial charge in [-0.05, 0) is 40.9 Å². The van der Waals surface area contributed by atoms with Crippen LogP contribution in [-0.2, 0) is 16.0 Å². The molecule has 0 radical (unpaired) electrons. The van der Waals surface area contributed by atoms with Crippen molar-refractivity contribution in [3.8, 4) is 0 Å². The first-order valence-corrected chi connectivity index (χ1v) is 5.90. The monoisotopic (exact) mass is 290 g/mol. The van der Waals surface area contributed by atoms with Gasteiger partial charge in [0, 0.05) is 12.8 Å². The molecule has 0 aromatic carbocycles. The Morgan fingerprint density at radius 2 is 2.38 bits per heavy atom. The van der Waals surface area contributed by atoms with Gasteiger partial charge in [-0.25, -0.2) is 0 Å². The Kier molecular flexibility index (Phi) is 5.55. The van der Waals surface area contributed by atoms with Crippen LogP contribution in [0.3, 0.4) is 0 Å². The number of aliphatic hydroxyl groups excluding tert-OH is 1. The summed E-state index contributed by atoms with van der Waals surface area (Å²) in [5.41, 5.74) is 0. The maximum absolute atomic E-state index is 10.8. The molecule has 0 amide bonds. The van der Waals surface area contributed by atoms with Gasteiger partial charge in [-0.1, -0.05) is 0 Å². The van der Waals surface area contributed by atoms with Gasteiger partial charge in [0.25, 0.3) is 0 Å². The van der Waals surface area contributed by atoms with E-state index in [2.05, 4.69) is 20.7 Å². The first-order valence-electron chi connectivity index (χ1n) is 5.11. The molecular formula is C11H15BrO4. The largest absolute Gasteiger partial charge is 0.469 e. The minimum Gasteiger partial charge on any atom is -0.469 e. The average molecular weight is 291 g/mol. The molecule has 1 N–H and O–H groups in total. The smallest absolute Gasteiger partial charge is 0.305 e. The summed E-state index contributed by atoms with van der Waals surface area (Å²) >= 11 is 3.19. The van der Waals surface area contributed by atoms with Gasteiger partial charge in [-0.2, -0.15) is 0 Å². The number of furan rings is 1. The minimum atomic E-state index is -0.484. The van der Waals surface area contributed by atoms with Crippen LogP contribution >= 0.6 is 15.9 Å². The van der Waals surface area contributed by atoms with Crippen LogP contribution in [0.25, 0.3) is 0 Å². The Balaban J connectivity index is 2.20. The first kappa shape index (κ1) is 13.3. The van der Waals surface area contributed by atoms with Crippen LogP contribution in [0.5, 0.6) is 0 Å². The second kappa shape index (κ2) is 6.70. The van der Waals surface area contributed by atoms with Gasteiger partial charge in [0.1, 0.15) is 5.76 Å².